The monoisotopic (exact) mass is 479 g/mol. The maximum atomic E-state index is 12.5. The van der Waals surface area contributed by atoms with Gasteiger partial charge in [0.15, 0.2) is 0 Å². The number of pyridine rings is 1. The van der Waals surface area contributed by atoms with Crippen molar-refractivity contribution in [3.8, 4) is 0 Å². The van der Waals surface area contributed by atoms with Gasteiger partial charge in [-0.25, -0.2) is 4.79 Å². The van der Waals surface area contributed by atoms with Gasteiger partial charge in [0, 0.05) is 43.8 Å². The molecule has 2 atom stereocenters. The molecule has 0 radical (unpaired) electrons. The molecule has 2 aromatic rings. The van der Waals surface area contributed by atoms with Crippen LogP contribution in [0.25, 0.3) is 10.9 Å². The van der Waals surface area contributed by atoms with Crippen LogP contribution in [0.1, 0.15) is 27.2 Å². The van der Waals surface area contributed by atoms with Crippen molar-refractivity contribution in [1.29, 1.82) is 0 Å². The Kier molecular flexibility index (Phi) is 7.21. The van der Waals surface area contributed by atoms with E-state index in [4.69, 9.17) is 9.47 Å². The van der Waals surface area contributed by atoms with E-state index >= 15 is 0 Å². The fourth-order valence-corrected chi connectivity index (χ4v) is 4.13. The van der Waals surface area contributed by atoms with E-state index in [1.165, 1.54) is 0 Å². The Morgan fingerprint density at radius 2 is 1.97 bits per heavy atom. The number of carbonyl (C=O) groups excluding carboxylic acids is 1. The van der Waals surface area contributed by atoms with Crippen LogP contribution in [-0.2, 0) is 16.0 Å². The summed E-state index contributed by atoms with van der Waals surface area (Å²) in [6.07, 6.45) is 0.203. The number of methoxy groups -OCH3 is 1. The standard InChI is InChI=1S/C22H30BrN3O4/c1-22(2,3)30-21(28)24-17-9-10-25(14-19(17)29-4)11-12-26-18-13-16(23)7-5-15(18)6-8-20(26)27/h5-8,13,17,19H,9-12,14H2,1-4H3,(H,24,28)/t17-,19+/m0/s1. The van der Waals surface area contributed by atoms with E-state index in [1.807, 2.05) is 49.6 Å². The molecule has 7 nitrogen and oxygen atoms in total. The first kappa shape index (κ1) is 22.8. The number of benzene rings is 1. The minimum Gasteiger partial charge on any atom is -0.444 e. The molecular weight excluding hydrogens is 450 g/mol. The summed E-state index contributed by atoms with van der Waals surface area (Å²) in [5.41, 5.74) is 0.376. The second-order valence-corrected chi connectivity index (χ2v) is 9.56. The number of ether oxygens (including phenoxy) is 2. The van der Waals surface area contributed by atoms with Crippen molar-refractivity contribution >= 4 is 32.9 Å². The molecule has 1 aliphatic heterocycles. The number of likely N-dealkylation sites (tertiary alicyclic amines) is 1. The summed E-state index contributed by atoms with van der Waals surface area (Å²) in [5, 5.41) is 3.97. The summed E-state index contributed by atoms with van der Waals surface area (Å²) in [7, 11) is 1.66. The van der Waals surface area contributed by atoms with Gasteiger partial charge in [0.2, 0.25) is 0 Å². The van der Waals surface area contributed by atoms with E-state index in [-0.39, 0.29) is 17.7 Å². The van der Waals surface area contributed by atoms with Crippen molar-refractivity contribution < 1.29 is 14.3 Å². The minimum absolute atomic E-state index is 0.00892. The van der Waals surface area contributed by atoms with Gasteiger partial charge in [-0.1, -0.05) is 22.0 Å². The van der Waals surface area contributed by atoms with Gasteiger partial charge >= 0.3 is 6.09 Å². The number of nitrogens with one attached hydrogen (secondary N) is 1. The Hall–Kier alpha value is -1.90. The summed E-state index contributed by atoms with van der Waals surface area (Å²) in [4.78, 5) is 26.9. The van der Waals surface area contributed by atoms with E-state index in [0.29, 0.717) is 13.1 Å². The third kappa shape index (κ3) is 5.83. The van der Waals surface area contributed by atoms with Gasteiger partial charge < -0.3 is 19.4 Å². The van der Waals surface area contributed by atoms with Crippen molar-refractivity contribution in [2.75, 3.05) is 26.7 Å². The van der Waals surface area contributed by atoms with Gasteiger partial charge in [0.25, 0.3) is 5.56 Å². The van der Waals surface area contributed by atoms with Crippen molar-refractivity contribution in [1.82, 2.24) is 14.8 Å². The maximum absolute atomic E-state index is 12.5. The topological polar surface area (TPSA) is 72.8 Å². The van der Waals surface area contributed by atoms with E-state index < -0.39 is 11.7 Å². The number of piperidine rings is 1. The Balaban J connectivity index is 1.63. The Morgan fingerprint density at radius 1 is 1.23 bits per heavy atom. The van der Waals surface area contributed by atoms with Crippen LogP contribution >= 0.6 is 15.9 Å². The van der Waals surface area contributed by atoms with Crippen LogP contribution in [0, 0.1) is 0 Å². The van der Waals surface area contributed by atoms with E-state index in [9.17, 15) is 9.59 Å². The molecule has 0 unspecified atom stereocenters. The van der Waals surface area contributed by atoms with Gasteiger partial charge in [0.05, 0.1) is 17.7 Å². The fourth-order valence-electron chi connectivity index (χ4n) is 3.78. The molecule has 1 aliphatic rings. The first-order valence-corrected chi connectivity index (χ1v) is 11.0. The molecule has 0 bridgehead atoms. The second-order valence-electron chi connectivity index (χ2n) is 8.64. The Morgan fingerprint density at radius 3 is 2.67 bits per heavy atom. The highest BCUT2D eigenvalue weighted by molar-refractivity contribution is 9.10. The predicted molar refractivity (Wildman–Crippen MR) is 121 cm³/mol. The van der Waals surface area contributed by atoms with Gasteiger partial charge in [0.1, 0.15) is 5.60 Å². The summed E-state index contributed by atoms with van der Waals surface area (Å²) >= 11 is 3.49. The molecule has 0 aliphatic carbocycles. The molecule has 1 amide bonds. The zero-order valence-electron chi connectivity index (χ0n) is 18.0. The average Bonchev–Trinajstić information content (AvgIpc) is 2.66. The Bertz CT molecular complexity index is 954. The van der Waals surface area contributed by atoms with Gasteiger partial charge in [-0.15, -0.1) is 0 Å². The molecule has 1 aromatic heterocycles. The molecule has 0 spiro atoms. The van der Waals surface area contributed by atoms with Crippen LogP contribution in [0.15, 0.2) is 39.6 Å². The summed E-state index contributed by atoms with van der Waals surface area (Å²) in [5.74, 6) is 0. The highest BCUT2D eigenvalue weighted by Gasteiger charge is 2.31. The predicted octanol–water partition coefficient (Wildman–Crippen LogP) is 3.38. The van der Waals surface area contributed by atoms with E-state index in [2.05, 4.69) is 26.1 Å². The highest BCUT2D eigenvalue weighted by atomic mass is 79.9. The maximum Gasteiger partial charge on any atom is 0.407 e. The minimum atomic E-state index is -0.534. The van der Waals surface area contributed by atoms with E-state index in [0.717, 1.165) is 34.9 Å². The summed E-state index contributed by atoms with van der Waals surface area (Å²) in [6.45, 7) is 8.34. The van der Waals surface area contributed by atoms with Crippen LogP contribution in [0.3, 0.4) is 0 Å². The molecule has 3 rings (SSSR count). The molecule has 1 saturated heterocycles. The van der Waals surface area contributed by atoms with Gasteiger partial charge in [-0.3, -0.25) is 9.69 Å². The van der Waals surface area contributed by atoms with Gasteiger partial charge in [-0.2, -0.15) is 0 Å². The lowest BCUT2D eigenvalue weighted by atomic mass is 10.0. The molecule has 8 heteroatoms. The first-order valence-electron chi connectivity index (χ1n) is 10.2. The lowest BCUT2D eigenvalue weighted by Crippen LogP contribution is -2.55. The molecule has 1 fully saturated rings. The zero-order chi connectivity index (χ0) is 21.9. The number of halogens is 1. The van der Waals surface area contributed by atoms with Crippen LogP contribution in [0.2, 0.25) is 0 Å². The number of fused-ring (bicyclic) bond motifs is 1. The fraction of sp³-hybridized carbons (Fsp3) is 0.545. The second kappa shape index (κ2) is 9.49. The lowest BCUT2D eigenvalue weighted by molar-refractivity contribution is -0.00306. The zero-order valence-corrected chi connectivity index (χ0v) is 19.6. The highest BCUT2D eigenvalue weighted by Crippen LogP contribution is 2.19. The Labute approximate surface area is 185 Å². The normalized spacial score (nSPS) is 20.3. The van der Waals surface area contributed by atoms with Crippen molar-refractivity contribution in [2.24, 2.45) is 0 Å². The molecule has 0 saturated carbocycles. The van der Waals surface area contributed by atoms with Gasteiger partial charge in [-0.05, 0) is 50.8 Å². The number of hydrogen-bond acceptors (Lipinski definition) is 5. The number of hydrogen-bond donors (Lipinski definition) is 1. The van der Waals surface area contributed by atoms with Crippen molar-refractivity contribution in [3.63, 3.8) is 0 Å². The van der Waals surface area contributed by atoms with Crippen molar-refractivity contribution in [2.45, 2.75) is 51.5 Å². The molecule has 2 heterocycles. The average molecular weight is 480 g/mol. The first-order chi connectivity index (χ1) is 14.2. The number of rotatable bonds is 5. The van der Waals surface area contributed by atoms with Crippen LogP contribution in [0.5, 0.6) is 0 Å². The SMILES string of the molecule is CO[C@@H]1CN(CCn2c(=O)ccc3ccc(Br)cc32)CC[C@@H]1NC(=O)OC(C)(C)C. The van der Waals surface area contributed by atoms with Crippen LogP contribution < -0.4 is 10.9 Å². The largest absolute Gasteiger partial charge is 0.444 e. The quantitative estimate of drug-likeness (QED) is 0.711. The summed E-state index contributed by atoms with van der Waals surface area (Å²) < 4.78 is 13.8. The molecule has 30 heavy (non-hydrogen) atoms. The molecule has 1 N–H and O–H groups in total. The van der Waals surface area contributed by atoms with Crippen molar-refractivity contribution in [3.05, 3.63) is 45.2 Å². The third-order valence-corrected chi connectivity index (χ3v) is 5.74. The number of nitrogens with zero attached hydrogens (tertiary/aromatic N) is 2. The van der Waals surface area contributed by atoms with Crippen LogP contribution in [0.4, 0.5) is 4.79 Å². The van der Waals surface area contributed by atoms with Crippen LogP contribution in [-0.4, -0.2) is 60.1 Å². The summed E-state index contributed by atoms with van der Waals surface area (Å²) in [6, 6.07) is 9.33. The lowest BCUT2D eigenvalue weighted by Gasteiger charge is -2.38. The molecule has 1 aromatic carbocycles. The molecular formula is C22H30BrN3O4. The number of alkyl carbamates (subject to hydrolysis) is 1. The molecule has 164 valence electrons. The number of amides is 1. The smallest absolute Gasteiger partial charge is 0.407 e. The number of carbonyl (C=O) groups is 1. The number of aromatic nitrogens is 1. The third-order valence-electron chi connectivity index (χ3n) is 5.24. The van der Waals surface area contributed by atoms with E-state index in [1.54, 1.807) is 13.2 Å².